The maximum Gasteiger partial charge on any atom is 0.269 e. The van der Waals surface area contributed by atoms with E-state index in [9.17, 15) is 4.79 Å². The Morgan fingerprint density at radius 1 is 1.21 bits per heavy atom. The lowest BCUT2D eigenvalue weighted by Crippen LogP contribution is -2.19. The van der Waals surface area contributed by atoms with E-state index in [0.717, 1.165) is 43.4 Å². The Hall–Kier alpha value is -1.03. The molecule has 2 N–H and O–H groups in total. The summed E-state index contributed by atoms with van der Waals surface area (Å²) in [5.41, 5.74) is 7.99. The first-order valence-electron chi connectivity index (χ1n) is 7.23. The Balaban J connectivity index is 2.05. The van der Waals surface area contributed by atoms with Gasteiger partial charge >= 0.3 is 0 Å². The van der Waals surface area contributed by atoms with Gasteiger partial charge in [0.2, 0.25) is 0 Å². The molecule has 1 fully saturated rings. The predicted octanol–water partition coefficient (Wildman–Crippen LogP) is 3.10. The standard InChI is InChI=1S/C14H20ClN3O/c15-11-8-4-7-10-12(14(16)19)17-18(13(10)11)9-5-2-1-3-6-9/h9,11H,1-8H2,(H2,16,19). The van der Waals surface area contributed by atoms with Gasteiger partial charge in [-0.2, -0.15) is 5.10 Å². The Morgan fingerprint density at radius 3 is 2.63 bits per heavy atom. The van der Waals surface area contributed by atoms with Gasteiger partial charge in [0.25, 0.3) is 5.91 Å². The van der Waals surface area contributed by atoms with Gasteiger partial charge in [0.1, 0.15) is 0 Å². The predicted molar refractivity (Wildman–Crippen MR) is 74.4 cm³/mol. The molecule has 1 saturated carbocycles. The molecular formula is C14H20ClN3O. The Labute approximate surface area is 118 Å². The molecule has 0 aliphatic heterocycles. The number of hydrogen-bond acceptors (Lipinski definition) is 2. The summed E-state index contributed by atoms with van der Waals surface area (Å²) in [4.78, 5) is 11.6. The molecule has 0 aromatic carbocycles. The van der Waals surface area contributed by atoms with Gasteiger partial charge in [-0.05, 0) is 32.1 Å². The van der Waals surface area contributed by atoms with E-state index in [1.807, 2.05) is 4.68 Å². The number of aromatic nitrogens is 2. The number of nitrogens with two attached hydrogens (primary N) is 1. The van der Waals surface area contributed by atoms with E-state index in [4.69, 9.17) is 17.3 Å². The molecular weight excluding hydrogens is 262 g/mol. The van der Waals surface area contributed by atoms with Gasteiger partial charge in [0.15, 0.2) is 5.69 Å². The fourth-order valence-electron chi connectivity index (χ4n) is 3.46. The summed E-state index contributed by atoms with van der Waals surface area (Å²) in [7, 11) is 0. The number of amides is 1. The van der Waals surface area contributed by atoms with Gasteiger partial charge in [-0.15, -0.1) is 11.6 Å². The molecule has 1 heterocycles. The van der Waals surface area contributed by atoms with E-state index >= 15 is 0 Å². The van der Waals surface area contributed by atoms with E-state index in [0.29, 0.717) is 11.7 Å². The number of halogens is 1. The van der Waals surface area contributed by atoms with Crippen LogP contribution in [0, 0.1) is 0 Å². The molecule has 0 bridgehead atoms. The van der Waals surface area contributed by atoms with Crippen molar-refractivity contribution in [3.05, 3.63) is 17.0 Å². The highest BCUT2D eigenvalue weighted by Gasteiger charge is 2.31. The van der Waals surface area contributed by atoms with E-state index in [-0.39, 0.29) is 5.38 Å². The molecule has 1 aromatic heterocycles. The van der Waals surface area contributed by atoms with Crippen molar-refractivity contribution in [2.45, 2.75) is 62.8 Å². The first-order valence-corrected chi connectivity index (χ1v) is 7.67. The quantitative estimate of drug-likeness (QED) is 0.847. The molecule has 0 saturated heterocycles. The van der Waals surface area contributed by atoms with Gasteiger partial charge in [-0.1, -0.05) is 19.3 Å². The van der Waals surface area contributed by atoms with Crippen LogP contribution in [-0.4, -0.2) is 15.7 Å². The van der Waals surface area contributed by atoms with Gasteiger partial charge in [0, 0.05) is 5.56 Å². The minimum Gasteiger partial charge on any atom is -0.364 e. The number of nitrogens with zero attached hydrogens (tertiary/aromatic N) is 2. The third-order valence-corrected chi connectivity index (χ3v) is 4.81. The van der Waals surface area contributed by atoms with Crippen LogP contribution in [0.25, 0.3) is 0 Å². The van der Waals surface area contributed by atoms with Crippen molar-refractivity contribution >= 4 is 17.5 Å². The minimum absolute atomic E-state index is 0.0220. The molecule has 19 heavy (non-hydrogen) atoms. The maximum atomic E-state index is 11.6. The number of hydrogen-bond donors (Lipinski definition) is 1. The lowest BCUT2D eigenvalue weighted by Gasteiger charge is -2.27. The third-order valence-electron chi connectivity index (χ3n) is 4.38. The highest BCUT2D eigenvalue weighted by Crippen LogP contribution is 2.40. The summed E-state index contributed by atoms with van der Waals surface area (Å²) < 4.78 is 2.03. The number of carbonyl (C=O) groups is 1. The van der Waals surface area contributed by atoms with Crippen LogP contribution in [0.15, 0.2) is 0 Å². The van der Waals surface area contributed by atoms with Gasteiger partial charge in [0.05, 0.1) is 17.1 Å². The summed E-state index contributed by atoms with van der Waals surface area (Å²) in [6.07, 6.45) is 8.89. The first kappa shape index (κ1) is 13.0. The average molecular weight is 282 g/mol. The minimum atomic E-state index is -0.420. The molecule has 0 spiro atoms. The van der Waals surface area contributed by atoms with Crippen molar-refractivity contribution < 1.29 is 4.79 Å². The van der Waals surface area contributed by atoms with Crippen LogP contribution in [-0.2, 0) is 6.42 Å². The summed E-state index contributed by atoms with van der Waals surface area (Å²) in [5, 5.41) is 4.50. The number of rotatable bonds is 2. The summed E-state index contributed by atoms with van der Waals surface area (Å²) in [6.45, 7) is 0. The van der Waals surface area contributed by atoms with Gasteiger partial charge in [-0.25, -0.2) is 0 Å². The second kappa shape index (κ2) is 5.16. The molecule has 0 radical (unpaired) electrons. The summed E-state index contributed by atoms with van der Waals surface area (Å²) >= 11 is 6.48. The molecule has 2 aliphatic rings. The molecule has 5 heteroatoms. The normalized spacial score (nSPS) is 24.2. The van der Waals surface area contributed by atoms with Crippen molar-refractivity contribution in [1.29, 1.82) is 0 Å². The van der Waals surface area contributed by atoms with Gasteiger partial charge < -0.3 is 5.73 Å². The van der Waals surface area contributed by atoms with Crippen molar-refractivity contribution in [2.24, 2.45) is 5.73 Å². The summed E-state index contributed by atoms with van der Waals surface area (Å²) in [5.74, 6) is -0.420. The highest BCUT2D eigenvalue weighted by molar-refractivity contribution is 6.21. The molecule has 3 rings (SSSR count). The molecule has 2 aliphatic carbocycles. The lowest BCUT2D eigenvalue weighted by molar-refractivity contribution is 0.0993. The fourth-order valence-corrected chi connectivity index (χ4v) is 3.84. The Morgan fingerprint density at radius 2 is 1.95 bits per heavy atom. The number of primary amides is 1. The van der Waals surface area contributed by atoms with Crippen molar-refractivity contribution in [3.63, 3.8) is 0 Å². The van der Waals surface area contributed by atoms with Crippen molar-refractivity contribution in [2.75, 3.05) is 0 Å². The van der Waals surface area contributed by atoms with E-state index in [2.05, 4.69) is 5.10 Å². The third kappa shape index (κ3) is 2.27. The topological polar surface area (TPSA) is 60.9 Å². The Kier molecular flexibility index (Phi) is 3.52. The van der Waals surface area contributed by atoms with E-state index in [1.165, 1.54) is 19.3 Å². The molecule has 1 amide bonds. The van der Waals surface area contributed by atoms with Crippen LogP contribution in [0.2, 0.25) is 0 Å². The highest BCUT2D eigenvalue weighted by atomic mass is 35.5. The van der Waals surface area contributed by atoms with Crippen LogP contribution in [0.4, 0.5) is 0 Å². The fraction of sp³-hybridized carbons (Fsp3) is 0.714. The molecule has 1 atom stereocenters. The number of carbonyl (C=O) groups excluding carboxylic acids is 1. The zero-order valence-corrected chi connectivity index (χ0v) is 11.8. The SMILES string of the molecule is NC(=O)c1nn(C2CCCCC2)c2c1CCCC2Cl. The second-order valence-corrected chi connectivity index (χ2v) is 6.20. The van der Waals surface area contributed by atoms with Crippen LogP contribution in [0.3, 0.4) is 0 Å². The summed E-state index contributed by atoms with van der Waals surface area (Å²) in [6, 6.07) is 0.398. The average Bonchev–Trinajstić information content (AvgIpc) is 2.81. The lowest BCUT2D eigenvalue weighted by atomic mass is 9.92. The molecule has 1 unspecified atom stereocenters. The molecule has 1 aromatic rings. The van der Waals surface area contributed by atoms with E-state index in [1.54, 1.807) is 0 Å². The van der Waals surface area contributed by atoms with Crippen LogP contribution in [0.5, 0.6) is 0 Å². The zero-order chi connectivity index (χ0) is 13.4. The van der Waals surface area contributed by atoms with E-state index < -0.39 is 5.91 Å². The maximum absolute atomic E-state index is 11.6. The van der Waals surface area contributed by atoms with Gasteiger partial charge in [-0.3, -0.25) is 9.48 Å². The Bertz CT molecular complexity index is 491. The first-order chi connectivity index (χ1) is 9.18. The molecule has 104 valence electrons. The van der Waals surface area contributed by atoms with Crippen LogP contribution in [0.1, 0.15) is 78.1 Å². The van der Waals surface area contributed by atoms with Crippen molar-refractivity contribution in [1.82, 2.24) is 9.78 Å². The van der Waals surface area contributed by atoms with Crippen LogP contribution >= 0.6 is 11.6 Å². The molecule has 4 nitrogen and oxygen atoms in total. The second-order valence-electron chi connectivity index (χ2n) is 5.67. The number of alkyl halides is 1. The monoisotopic (exact) mass is 281 g/mol. The smallest absolute Gasteiger partial charge is 0.269 e. The number of fused-ring (bicyclic) bond motifs is 1. The van der Waals surface area contributed by atoms with Crippen LogP contribution < -0.4 is 5.73 Å². The van der Waals surface area contributed by atoms with Crippen molar-refractivity contribution in [3.8, 4) is 0 Å². The zero-order valence-electron chi connectivity index (χ0n) is 11.1. The largest absolute Gasteiger partial charge is 0.364 e.